The molecule has 0 amide bonds. The molecule has 0 saturated carbocycles. The van der Waals surface area contributed by atoms with Gasteiger partial charge < -0.3 is 15.4 Å². The zero-order valence-electron chi connectivity index (χ0n) is 13.6. The van der Waals surface area contributed by atoms with E-state index in [9.17, 15) is 0 Å². The molecular formula is C17H30N2O. The predicted octanol–water partition coefficient (Wildman–Crippen LogP) is 3.14. The highest BCUT2D eigenvalue weighted by Crippen LogP contribution is 2.19. The van der Waals surface area contributed by atoms with Gasteiger partial charge in [-0.25, -0.2) is 0 Å². The molecule has 20 heavy (non-hydrogen) atoms. The van der Waals surface area contributed by atoms with Crippen LogP contribution < -0.4 is 10.6 Å². The van der Waals surface area contributed by atoms with Crippen molar-refractivity contribution in [3.05, 3.63) is 29.3 Å². The van der Waals surface area contributed by atoms with Crippen LogP contribution in [-0.2, 0) is 11.2 Å². The van der Waals surface area contributed by atoms with Crippen molar-refractivity contribution < 1.29 is 4.74 Å². The summed E-state index contributed by atoms with van der Waals surface area (Å²) in [5.74, 6) is 0. The molecule has 114 valence electrons. The Hall–Kier alpha value is -1.06. The quantitative estimate of drug-likeness (QED) is 0.794. The van der Waals surface area contributed by atoms with Crippen LogP contribution in [0.5, 0.6) is 0 Å². The molecule has 0 aliphatic carbocycles. The van der Waals surface area contributed by atoms with Crippen LogP contribution in [-0.4, -0.2) is 32.3 Å². The van der Waals surface area contributed by atoms with E-state index in [4.69, 9.17) is 10.5 Å². The fraction of sp³-hybridized carbons (Fsp3) is 0.647. The van der Waals surface area contributed by atoms with Crippen molar-refractivity contribution in [2.24, 2.45) is 5.73 Å². The number of aryl methyl sites for hydroxylation is 1. The number of likely N-dealkylation sites (N-methyl/N-ethyl adjacent to an activating group) is 1. The monoisotopic (exact) mass is 278 g/mol. The molecule has 1 aromatic rings. The summed E-state index contributed by atoms with van der Waals surface area (Å²) < 4.78 is 5.60. The molecule has 0 aliphatic heterocycles. The lowest BCUT2D eigenvalue weighted by Gasteiger charge is -2.21. The maximum absolute atomic E-state index is 6.04. The molecule has 0 saturated heterocycles. The molecule has 0 bridgehead atoms. The van der Waals surface area contributed by atoms with E-state index in [1.807, 2.05) is 0 Å². The van der Waals surface area contributed by atoms with Crippen molar-refractivity contribution in [1.82, 2.24) is 0 Å². The van der Waals surface area contributed by atoms with Crippen molar-refractivity contribution in [2.75, 3.05) is 25.1 Å². The summed E-state index contributed by atoms with van der Waals surface area (Å²) in [5.41, 5.74) is 9.96. The molecule has 0 radical (unpaired) electrons. The lowest BCUT2D eigenvalue weighted by molar-refractivity contribution is 0.0846. The average molecular weight is 278 g/mol. The Balaban J connectivity index is 2.61. The van der Waals surface area contributed by atoms with E-state index >= 15 is 0 Å². The van der Waals surface area contributed by atoms with E-state index in [2.05, 4.69) is 57.8 Å². The summed E-state index contributed by atoms with van der Waals surface area (Å²) in [7, 11) is 2.11. The second kappa shape index (κ2) is 8.28. The molecule has 0 aromatic heterocycles. The van der Waals surface area contributed by atoms with Crippen molar-refractivity contribution in [3.8, 4) is 0 Å². The highest BCUT2D eigenvalue weighted by molar-refractivity contribution is 5.50. The summed E-state index contributed by atoms with van der Waals surface area (Å²) in [6.45, 7) is 10.1. The first-order valence-corrected chi connectivity index (χ1v) is 7.61. The van der Waals surface area contributed by atoms with E-state index < -0.39 is 0 Å². The van der Waals surface area contributed by atoms with Gasteiger partial charge in [-0.05, 0) is 56.9 Å². The van der Waals surface area contributed by atoms with Crippen LogP contribution in [0.4, 0.5) is 5.69 Å². The van der Waals surface area contributed by atoms with Crippen LogP contribution in [0.25, 0.3) is 0 Å². The van der Waals surface area contributed by atoms with Crippen LogP contribution in [0.2, 0.25) is 0 Å². The number of nitrogens with zero attached hydrogens (tertiary/aromatic N) is 1. The Labute approximate surface area is 124 Å². The standard InChI is InChI=1S/C17H30N2O/c1-6-16(18)12-15-7-8-17(11-14(15)4)19(5)9-10-20-13(2)3/h7-8,11,13,16H,6,9-10,12,18H2,1-5H3. The van der Waals surface area contributed by atoms with Crippen molar-refractivity contribution in [2.45, 2.75) is 52.7 Å². The molecule has 0 heterocycles. The van der Waals surface area contributed by atoms with Gasteiger partial charge in [0.05, 0.1) is 12.7 Å². The van der Waals surface area contributed by atoms with Gasteiger partial charge in [0.2, 0.25) is 0 Å². The molecule has 1 aromatic carbocycles. The molecule has 3 nitrogen and oxygen atoms in total. The Morgan fingerprint density at radius 1 is 1.30 bits per heavy atom. The molecule has 2 N–H and O–H groups in total. The van der Waals surface area contributed by atoms with E-state index in [0.29, 0.717) is 6.10 Å². The smallest absolute Gasteiger partial charge is 0.0644 e. The lowest BCUT2D eigenvalue weighted by atomic mass is 9.99. The van der Waals surface area contributed by atoms with Crippen molar-refractivity contribution in [3.63, 3.8) is 0 Å². The number of hydrogen-bond donors (Lipinski definition) is 1. The minimum Gasteiger partial charge on any atom is -0.377 e. The number of anilines is 1. The molecule has 1 rings (SSSR count). The van der Waals surface area contributed by atoms with E-state index in [1.165, 1.54) is 16.8 Å². The third kappa shape index (κ3) is 5.51. The van der Waals surface area contributed by atoms with Crippen LogP contribution in [0.15, 0.2) is 18.2 Å². The van der Waals surface area contributed by atoms with E-state index in [1.54, 1.807) is 0 Å². The number of rotatable bonds is 8. The first kappa shape index (κ1) is 17.0. The van der Waals surface area contributed by atoms with Gasteiger partial charge in [0, 0.05) is 25.3 Å². The maximum atomic E-state index is 6.04. The maximum Gasteiger partial charge on any atom is 0.0644 e. The zero-order chi connectivity index (χ0) is 15.1. The Bertz CT molecular complexity index is 404. The fourth-order valence-electron chi connectivity index (χ4n) is 2.13. The summed E-state index contributed by atoms with van der Waals surface area (Å²) in [5, 5.41) is 0. The van der Waals surface area contributed by atoms with Gasteiger partial charge in [-0.3, -0.25) is 0 Å². The third-order valence-electron chi connectivity index (χ3n) is 3.65. The topological polar surface area (TPSA) is 38.5 Å². The second-order valence-electron chi connectivity index (χ2n) is 5.82. The van der Waals surface area contributed by atoms with E-state index in [0.717, 1.165) is 26.0 Å². The van der Waals surface area contributed by atoms with Crippen LogP contribution in [0.1, 0.15) is 38.3 Å². The van der Waals surface area contributed by atoms with E-state index in [-0.39, 0.29) is 6.04 Å². The molecule has 1 unspecified atom stereocenters. The highest BCUT2D eigenvalue weighted by Gasteiger charge is 2.07. The highest BCUT2D eigenvalue weighted by atomic mass is 16.5. The number of nitrogens with two attached hydrogens (primary N) is 1. The Kier molecular flexibility index (Phi) is 7.03. The normalized spacial score (nSPS) is 12.8. The number of ether oxygens (including phenoxy) is 1. The summed E-state index contributed by atoms with van der Waals surface area (Å²) in [6.07, 6.45) is 2.28. The first-order valence-electron chi connectivity index (χ1n) is 7.61. The van der Waals surface area contributed by atoms with Gasteiger partial charge in [0.15, 0.2) is 0 Å². The largest absolute Gasteiger partial charge is 0.377 e. The van der Waals surface area contributed by atoms with Crippen LogP contribution >= 0.6 is 0 Å². The first-order chi connectivity index (χ1) is 9.43. The van der Waals surface area contributed by atoms with Gasteiger partial charge >= 0.3 is 0 Å². The number of hydrogen-bond acceptors (Lipinski definition) is 3. The molecule has 3 heteroatoms. The second-order valence-corrected chi connectivity index (χ2v) is 5.82. The van der Waals surface area contributed by atoms with Crippen LogP contribution in [0.3, 0.4) is 0 Å². The SMILES string of the molecule is CCC(N)Cc1ccc(N(C)CCOC(C)C)cc1C. The molecule has 0 aliphatic rings. The zero-order valence-corrected chi connectivity index (χ0v) is 13.6. The van der Waals surface area contributed by atoms with Gasteiger partial charge in [0.25, 0.3) is 0 Å². The average Bonchev–Trinajstić information content (AvgIpc) is 2.40. The van der Waals surface area contributed by atoms with Crippen molar-refractivity contribution >= 4 is 5.69 Å². The third-order valence-corrected chi connectivity index (χ3v) is 3.65. The molecular weight excluding hydrogens is 248 g/mol. The van der Waals surface area contributed by atoms with Gasteiger partial charge in [-0.2, -0.15) is 0 Å². The predicted molar refractivity (Wildman–Crippen MR) is 87.5 cm³/mol. The summed E-state index contributed by atoms with van der Waals surface area (Å²) >= 11 is 0. The summed E-state index contributed by atoms with van der Waals surface area (Å²) in [6, 6.07) is 6.89. The summed E-state index contributed by atoms with van der Waals surface area (Å²) in [4.78, 5) is 2.24. The van der Waals surface area contributed by atoms with Crippen molar-refractivity contribution in [1.29, 1.82) is 0 Å². The van der Waals surface area contributed by atoms with Gasteiger partial charge in [0.1, 0.15) is 0 Å². The number of benzene rings is 1. The minimum atomic E-state index is 0.261. The van der Waals surface area contributed by atoms with Gasteiger partial charge in [-0.1, -0.05) is 13.0 Å². The van der Waals surface area contributed by atoms with Crippen LogP contribution in [0, 0.1) is 6.92 Å². The molecule has 0 spiro atoms. The Morgan fingerprint density at radius 3 is 2.55 bits per heavy atom. The lowest BCUT2D eigenvalue weighted by Crippen LogP contribution is -2.24. The Morgan fingerprint density at radius 2 is 2.00 bits per heavy atom. The minimum absolute atomic E-state index is 0.261. The molecule has 1 atom stereocenters. The fourth-order valence-corrected chi connectivity index (χ4v) is 2.13. The van der Waals surface area contributed by atoms with Gasteiger partial charge in [-0.15, -0.1) is 0 Å². The molecule has 0 fully saturated rings.